The van der Waals surface area contributed by atoms with Crippen molar-refractivity contribution in [3.05, 3.63) is 21.0 Å². The first-order valence-corrected chi connectivity index (χ1v) is 4.95. The maximum atomic E-state index is 10.7. The van der Waals surface area contributed by atoms with Crippen LogP contribution in [0.5, 0.6) is 0 Å². The van der Waals surface area contributed by atoms with Crippen LogP contribution in [0, 0.1) is 17.0 Å². The molecule has 2 rings (SSSR count). The van der Waals surface area contributed by atoms with Crippen molar-refractivity contribution in [3.63, 3.8) is 0 Å². The summed E-state index contributed by atoms with van der Waals surface area (Å²) in [6, 6.07) is 0.0184. The normalized spacial score (nSPS) is 20.8. The van der Waals surface area contributed by atoms with Crippen molar-refractivity contribution < 1.29 is 9.66 Å². The van der Waals surface area contributed by atoms with Crippen LogP contribution < -0.4 is 0 Å². The quantitative estimate of drug-likeness (QED) is 0.574. The van der Waals surface area contributed by atoms with Gasteiger partial charge < -0.3 is 4.74 Å². The maximum Gasteiger partial charge on any atom is 0.328 e. The highest BCUT2D eigenvalue weighted by atomic mass is 35.5. The van der Waals surface area contributed by atoms with Gasteiger partial charge in [-0.3, -0.25) is 10.1 Å². The van der Waals surface area contributed by atoms with E-state index in [-0.39, 0.29) is 16.9 Å². The van der Waals surface area contributed by atoms with Gasteiger partial charge in [-0.05, 0) is 13.3 Å². The third-order valence-corrected chi connectivity index (χ3v) is 2.78. The fourth-order valence-electron chi connectivity index (χ4n) is 1.67. The average molecular weight is 232 g/mol. The molecule has 1 aliphatic rings. The molecule has 0 bridgehead atoms. The summed E-state index contributed by atoms with van der Waals surface area (Å²) in [5.74, 6) is 0. The van der Waals surface area contributed by atoms with Crippen molar-refractivity contribution >= 4 is 17.3 Å². The highest BCUT2D eigenvalue weighted by Crippen LogP contribution is 2.32. The Kier molecular flexibility index (Phi) is 2.62. The van der Waals surface area contributed by atoms with Crippen LogP contribution >= 0.6 is 11.6 Å². The van der Waals surface area contributed by atoms with Crippen molar-refractivity contribution in [2.45, 2.75) is 19.4 Å². The fourth-order valence-corrected chi connectivity index (χ4v) is 2.06. The van der Waals surface area contributed by atoms with Gasteiger partial charge in [-0.25, -0.2) is 4.68 Å². The van der Waals surface area contributed by atoms with Gasteiger partial charge in [0.15, 0.2) is 0 Å². The van der Waals surface area contributed by atoms with Gasteiger partial charge in [0.1, 0.15) is 5.69 Å². The average Bonchev–Trinajstić information content (AvgIpc) is 2.72. The van der Waals surface area contributed by atoms with Crippen LogP contribution in [-0.2, 0) is 4.74 Å². The van der Waals surface area contributed by atoms with Crippen molar-refractivity contribution in [2.75, 3.05) is 13.2 Å². The highest BCUT2D eigenvalue weighted by Gasteiger charge is 2.29. The van der Waals surface area contributed by atoms with Crippen molar-refractivity contribution in [3.8, 4) is 0 Å². The number of aryl methyl sites for hydroxylation is 1. The number of nitrogens with zero attached hydrogens (tertiary/aromatic N) is 3. The topological polar surface area (TPSA) is 70.2 Å². The fraction of sp³-hybridized carbons (Fsp3) is 0.625. The second-order valence-corrected chi connectivity index (χ2v) is 3.80. The molecule has 0 spiro atoms. The lowest BCUT2D eigenvalue weighted by Crippen LogP contribution is -2.10. The lowest BCUT2D eigenvalue weighted by molar-refractivity contribution is -0.385. The molecule has 1 aliphatic heterocycles. The zero-order valence-electron chi connectivity index (χ0n) is 8.14. The van der Waals surface area contributed by atoms with Gasteiger partial charge in [-0.1, -0.05) is 11.6 Å². The van der Waals surface area contributed by atoms with Crippen molar-refractivity contribution in [1.82, 2.24) is 9.78 Å². The first-order valence-electron chi connectivity index (χ1n) is 4.58. The number of hydrogen-bond donors (Lipinski definition) is 0. The molecule has 7 heteroatoms. The lowest BCUT2D eigenvalue weighted by Gasteiger charge is -2.07. The van der Waals surface area contributed by atoms with E-state index in [1.165, 1.54) is 4.68 Å². The number of halogens is 1. The van der Waals surface area contributed by atoms with E-state index in [2.05, 4.69) is 5.10 Å². The van der Waals surface area contributed by atoms with Gasteiger partial charge in [0.2, 0.25) is 5.15 Å². The molecular weight excluding hydrogens is 222 g/mol. The smallest absolute Gasteiger partial charge is 0.328 e. The second-order valence-electron chi connectivity index (χ2n) is 3.44. The molecule has 0 amide bonds. The molecule has 1 unspecified atom stereocenters. The van der Waals surface area contributed by atoms with Gasteiger partial charge >= 0.3 is 5.69 Å². The third-order valence-electron chi connectivity index (χ3n) is 2.43. The molecule has 0 aliphatic carbocycles. The van der Waals surface area contributed by atoms with Crippen molar-refractivity contribution in [2.24, 2.45) is 0 Å². The van der Waals surface area contributed by atoms with E-state index in [0.717, 1.165) is 6.42 Å². The Labute approximate surface area is 90.9 Å². The standard InChI is InChI=1S/C8H10ClN3O3/c1-5-7(12(13)14)8(9)11(10-5)6-2-3-15-4-6/h6H,2-4H2,1H3. The molecule has 0 N–H and O–H groups in total. The summed E-state index contributed by atoms with van der Waals surface area (Å²) in [7, 11) is 0. The van der Waals surface area contributed by atoms with E-state index >= 15 is 0 Å². The Balaban J connectivity index is 2.40. The van der Waals surface area contributed by atoms with Gasteiger partial charge in [0.05, 0.1) is 17.6 Å². The number of ether oxygens (including phenoxy) is 1. The molecule has 1 fully saturated rings. The van der Waals surface area contributed by atoms with E-state index < -0.39 is 4.92 Å². The molecule has 2 heterocycles. The Morgan fingerprint density at radius 3 is 2.93 bits per heavy atom. The molecule has 0 radical (unpaired) electrons. The summed E-state index contributed by atoms with van der Waals surface area (Å²) in [4.78, 5) is 10.2. The molecule has 6 nitrogen and oxygen atoms in total. The molecule has 0 saturated carbocycles. The molecule has 1 aromatic heterocycles. The Morgan fingerprint density at radius 1 is 1.73 bits per heavy atom. The van der Waals surface area contributed by atoms with E-state index in [0.29, 0.717) is 18.9 Å². The molecule has 1 aromatic rings. The maximum absolute atomic E-state index is 10.7. The van der Waals surface area contributed by atoms with Crippen LogP contribution in [0.15, 0.2) is 0 Å². The third kappa shape index (κ3) is 1.70. The van der Waals surface area contributed by atoms with Crippen LogP contribution in [0.25, 0.3) is 0 Å². The highest BCUT2D eigenvalue weighted by molar-refractivity contribution is 6.31. The van der Waals surface area contributed by atoms with Crippen LogP contribution in [-0.4, -0.2) is 27.9 Å². The summed E-state index contributed by atoms with van der Waals surface area (Å²) in [6.45, 7) is 2.74. The summed E-state index contributed by atoms with van der Waals surface area (Å²) in [5.41, 5.74) is 0.237. The molecule has 1 atom stereocenters. The Bertz CT molecular complexity index is 398. The summed E-state index contributed by atoms with van der Waals surface area (Å²) in [5, 5.41) is 14.9. The monoisotopic (exact) mass is 231 g/mol. The predicted octanol–water partition coefficient (Wildman–Crippen LogP) is 1.71. The SMILES string of the molecule is Cc1nn(C2CCOC2)c(Cl)c1[N+](=O)[O-]. The Morgan fingerprint density at radius 2 is 2.47 bits per heavy atom. The van der Waals surface area contributed by atoms with E-state index in [1.807, 2.05) is 0 Å². The number of hydrogen-bond acceptors (Lipinski definition) is 4. The Hall–Kier alpha value is -1.14. The number of nitro groups is 1. The van der Waals surface area contributed by atoms with Crippen LogP contribution in [0.2, 0.25) is 5.15 Å². The van der Waals surface area contributed by atoms with Gasteiger partial charge in [-0.15, -0.1) is 0 Å². The van der Waals surface area contributed by atoms with Crippen LogP contribution in [0.3, 0.4) is 0 Å². The number of rotatable bonds is 2. The predicted molar refractivity (Wildman–Crippen MR) is 53.1 cm³/mol. The van der Waals surface area contributed by atoms with Gasteiger partial charge in [-0.2, -0.15) is 5.10 Å². The van der Waals surface area contributed by atoms with Crippen molar-refractivity contribution in [1.29, 1.82) is 0 Å². The summed E-state index contributed by atoms with van der Waals surface area (Å²) < 4.78 is 6.67. The molecule has 15 heavy (non-hydrogen) atoms. The molecule has 82 valence electrons. The largest absolute Gasteiger partial charge is 0.379 e. The van der Waals surface area contributed by atoms with Crippen LogP contribution in [0.4, 0.5) is 5.69 Å². The molecular formula is C8H10ClN3O3. The van der Waals surface area contributed by atoms with E-state index in [4.69, 9.17) is 16.3 Å². The molecule has 1 saturated heterocycles. The minimum Gasteiger partial charge on any atom is -0.379 e. The zero-order chi connectivity index (χ0) is 11.0. The van der Waals surface area contributed by atoms with Crippen LogP contribution in [0.1, 0.15) is 18.2 Å². The van der Waals surface area contributed by atoms with E-state index in [9.17, 15) is 10.1 Å². The van der Waals surface area contributed by atoms with E-state index in [1.54, 1.807) is 6.92 Å². The summed E-state index contributed by atoms with van der Waals surface area (Å²) >= 11 is 5.91. The minimum absolute atomic E-state index is 0.0184. The minimum atomic E-state index is -0.503. The first-order chi connectivity index (χ1) is 7.11. The van der Waals surface area contributed by atoms with Gasteiger partial charge in [0.25, 0.3) is 0 Å². The summed E-state index contributed by atoms with van der Waals surface area (Å²) in [6.07, 6.45) is 0.790. The lowest BCUT2D eigenvalue weighted by atomic mass is 10.3. The number of aromatic nitrogens is 2. The zero-order valence-corrected chi connectivity index (χ0v) is 8.90. The second kappa shape index (κ2) is 3.79. The van der Waals surface area contributed by atoms with Gasteiger partial charge in [0, 0.05) is 6.61 Å². The first kappa shape index (κ1) is 10.4. The molecule has 0 aromatic carbocycles.